The van der Waals surface area contributed by atoms with E-state index in [0.29, 0.717) is 10.6 Å². The minimum atomic E-state index is -0.382. The average molecular weight is 303 g/mol. The van der Waals surface area contributed by atoms with Crippen LogP contribution >= 0.6 is 34.7 Å². The third-order valence-electron chi connectivity index (χ3n) is 2.25. The molecule has 96 valence electrons. The number of anilines is 1. The quantitative estimate of drug-likeness (QED) is 0.801. The van der Waals surface area contributed by atoms with Gasteiger partial charge in [0, 0.05) is 22.1 Å². The molecule has 2 aromatic rings. The Morgan fingerprint density at radius 1 is 1.39 bits per heavy atom. The van der Waals surface area contributed by atoms with Gasteiger partial charge in [-0.15, -0.1) is 0 Å². The number of hydrogen-bond acceptors (Lipinski definition) is 4. The van der Waals surface area contributed by atoms with Gasteiger partial charge in [0.2, 0.25) is 5.13 Å². The van der Waals surface area contributed by atoms with Gasteiger partial charge >= 0.3 is 0 Å². The first-order chi connectivity index (χ1) is 8.58. The molecule has 1 aromatic carbocycles. The summed E-state index contributed by atoms with van der Waals surface area (Å²) >= 11 is 8.78. The summed E-state index contributed by atoms with van der Waals surface area (Å²) in [6.45, 7) is 1.89. The van der Waals surface area contributed by atoms with E-state index in [9.17, 15) is 4.39 Å². The number of thiazole rings is 1. The maximum Gasteiger partial charge on any atom is 0.206 e. The standard InChI is InChI=1S/C10H8ClFN2S.C2H4S/c1-5-2-3-6(4-7(5)11)8-9(12)15-10(13)14-8;1-2-3-1/h2-4H,1H3,(H2,13,14);1-2H2. The summed E-state index contributed by atoms with van der Waals surface area (Å²) in [5.41, 5.74) is 7.28. The van der Waals surface area contributed by atoms with Crippen molar-refractivity contribution < 1.29 is 4.39 Å². The highest BCUT2D eigenvalue weighted by molar-refractivity contribution is 8.06. The van der Waals surface area contributed by atoms with E-state index in [0.717, 1.165) is 16.9 Å². The van der Waals surface area contributed by atoms with Crippen LogP contribution in [0.4, 0.5) is 9.52 Å². The van der Waals surface area contributed by atoms with Crippen molar-refractivity contribution in [2.75, 3.05) is 17.2 Å². The van der Waals surface area contributed by atoms with Gasteiger partial charge in [0.05, 0.1) is 0 Å². The van der Waals surface area contributed by atoms with Gasteiger partial charge in [-0.3, -0.25) is 0 Å². The maximum absolute atomic E-state index is 13.4. The number of aryl methyl sites for hydroxylation is 1. The van der Waals surface area contributed by atoms with Gasteiger partial charge in [-0.2, -0.15) is 16.2 Å². The van der Waals surface area contributed by atoms with Crippen LogP contribution in [0.25, 0.3) is 11.3 Å². The molecule has 1 aliphatic rings. The number of benzene rings is 1. The molecule has 1 fully saturated rings. The van der Waals surface area contributed by atoms with E-state index >= 15 is 0 Å². The first kappa shape index (κ1) is 13.6. The molecular formula is C12H12ClFN2S2. The van der Waals surface area contributed by atoms with Gasteiger partial charge in [-0.25, -0.2) is 4.98 Å². The average Bonchev–Trinajstić information content (AvgIpc) is 3.14. The van der Waals surface area contributed by atoms with Gasteiger partial charge in [0.1, 0.15) is 5.69 Å². The number of hydrogen-bond donors (Lipinski definition) is 1. The Kier molecular flexibility index (Phi) is 4.48. The fraction of sp³-hybridized carbons (Fsp3) is 0.250. The molecule has 0 amide bonds. The summed E-state index contributed by atoms with van der Waals surface area (Å²) in [7, 11) is 0. The monoisotopic (exact) mass is 302 g/mol. The summed E-state index contributed by atoms with van der Waals surface area (Å²) < 4.78 is 13.4. The highest BCUT2D eigenvalue weighted by Crippen LogP contribution is 2.30. The summed E-state index contributed by atoms with van der Waals surface area (Å²) in [4.78, 5) is 3.91. The normalized spacial score (nSPS) is 12.8. The number of rotatable bonds is 1. The molecule has 0 bridgehead atoms. The second-order valence-electron chi connectivity index (χ2n) is 3.75. The van der Waals surface area contributed by atoms with Gasteiger partial charge in [-0.05, 0) is 18.6 Å². The van der Waals surface area contributed by atoms with E-state index in [2.05, 4.69) is 4.98 Å². The Hall–Kier alpha value is -0.780. The third kappa shape index (κ3) is 3.60. The van der Waals surface area contributed by atoms with Crippen molar-refractivity contribution in [1.29, 1.82) is 0 Å². The van der Waals surface area contributed by atoms with Crippen LogP contribution < -0.4 is 5.73 Å². The highest BCUT2D eigenvalue weighted by atomic mass is 35.5. The summed E-state index contributed by atoms with van der Waals surface area (Å²) in [5.74, 6) is 2.83. The molecule has 2 nitrogen and oxygen atoms in total. The van der Waals surface area contributed by atoms with E-state index in [1.54, 1.807) is 12.1 Å². The molecule has 18 heavy (non-hydrogen) atoms. The summed E-state index contributed by atoms with van der Waals surface area (Å²) in [6, 6.07) is 5.29. The topological polar surface area (TPSA) is 38.9 Å². The lowest BCUT2D eigenvalue weighted by molar-refractivity contribution is 0.657. The Balaban J connectivity index is 0.000000350. The first-order valence-electron chi connectivity index (χ1n) is 5.34. The molecular weight excluding hydrogens is 291 g/mol. The number of thioether (sulfide) groups is 1. The predicted molar refractivity (Wildman–Crippen MR) is 79.0 cm³/mol. The molecule has 0 unspecified atom stereocenters. The van der Waals surface area contributed by atoms with Gasteiger partial charge < -0.3 is 5.73 Å². The van der Waals surface area contributed by atoms with Crippen molar-refractivity contribution in [3.05, 3.63) is 33.9 Å². The van der Waals surface area contributed by atoms with E-state index in [-0.39, 0.29) is 16.0 Å². The van der Waals surface area contributed by atoms with Crippen LogP contribution in [0.1, 0.15) is 5.56 Å². The smallest absolute Gasteiger partial charge is 0.206 e. The van der Waals surface area contributed by atoms with Crippen molar-refractivity contribution in [3.63, 3.8) is 0 Å². The molecule has 0 radical (unpaired) electrons. The first-order valence-corrected chi connectivity index (χ1v) is 7.69. The van der Waals surface area contributed by atoms with Crippen LogP contribution in [0.3, 0.4) is 0 Å². The summed E-state index contributed by atoms with van der Waals surface area (Å²) in [5, 5.41) is 0.435. The van der Waals surface area contributed by atoms with E-state index in [1.165, 1.54) is 11.5 Å². The van der Waals surface area contributed by atoms with Crippen LogP contribution in [0, 0.1) is 12.1 Å². The minimum Gasteiger partial charge on any atom is -0.375 e. The number of nitrogens with two attached hydrogens (primary N) is 1. The van der Waals surface area contributed by atoms with Crippen molar-refractivity contribution in [3.8, 4) is 11.3 Å². The minimum absolute atomic E-state index is 0.221. The van der Waals surface area contributed by atoms with Crippen molar-refractivity contribution in [2.24, 2.45) is 0 Å². The molecule has 0 atom stereocenters. The zero-order chi connectivity index (χ0) is 13.1. The lowest BCUT2D eigenvalue weighted by Gasteiger charge is -2.00. The van der Waals surface area contributed by atoms with Crippen LogP contribution in [0.15, 0.2) is 18.2 Å². The molecule has 0 spiro atoms. The van der Waals surface area contributed by atoms with Crippen molar-refractivity contribution in [1.82, 2.24) is 4.98 Å². The lowest BCUT2D eigenvalue weighted by atomic mass is 10.1. The molecule has 3 rings (SSSR count). The molecule has 2 heterocycles. The number of halogens is 2. The van der Waals surface area contributed by atoms with E-state index < -0.39 is 0 Å². The Bertz CT molecular complexity index is 552. The van der Waals surface area contributed by atoms with Crippen LogP contribution in [-0.2, 0) is 0 Å². The fourth-order valence-electron chi connectivity index (χ4n) is 1.24. The number of aromatic nitrogens is 1. The predicted octanol–water partition coefficient (Wildman–Crippen LogP) is 4.23. The zero-order valence-corrected chi connectivity index (χ0v) is 12.1. The van der Waals surface area contributed by atoms with Crippen LogP contribution in [-0.4, -0.2) is 16.5 Å². The Morgan fingerprint density at radius 3 is 2.50 bits per heavy atom. The molecule has 0 saturated carbocycles. The summed E-state index contributed by atoms with van der Waals surface area (Å²) in [6.07, 6.45) is 0. The lowest BCUT2D eigenvalue weighted by Crippen LogP contribution is -1.85. The molecule has 1 aliphatic heterocycles. The maximum atomic E-state index is 13.4. The molecule has 1 aromatic heterocycles. The van der Waals surface area contributed by atoms with Crippen molar-refractivity contribution in [2.45, 2.75) is 6.92 Å². The van der Waals surface area contributed by atoms with Gasteiger partial charge in [0.15, 0.2) is 5.13 Å². The second-order valence-corrected chi connectivity index (χ2v) is 6.36. The third-order valence-corrected chi connectivity index (χ3v) is 3.74. The molecule has 6 heteroatoms. The van der Waals surface area contributed by atoms with E-state index in [4.69, 9.17) is 17.3 Å². The SMILES string of the molecule is C1CS1.Cc1ccc(-c2nc(N)sc2F)cc1Cl. The Morgan fingerprint density at radius 2 is 2.06 bits per heavy atom. The molecule has 2 N–H and O–H groups in total. The number of nitrogen functional groups attached to an aromatic ring is 1. The number of nitrogens with zero attached hydrogens (tertiary/aromatic N) is 1. The van der Waals surface area contributed by atoms with Crippen LogP contribution in [0.2, 0.25) is 5.02 Å². The fourth-order valence-corrected chi connectivity index (χ4v) is 2.00. The zero-order valence-electron chi connectivity index (χ0n) is 9.74. The van der Waals surface area contributed by atoms with Gasteiger partial charge in [0.25, 0.3) is 0 Å². The molecule has 1 saturated heterocycles. The van der Waals surface area contributed by atoms with Crippen molar-refractivity contribution >= 4 is 39.8 Å². The Labute approximate surface area is 118 Å². The second kappa shape index (κ2) is 5.91. The van der Waals surface area contributed by atoms with Gasteiger partial charge in [-0.1, -0.05) is 35.1 Å². The van der Waals surface area contributed by atoms with Crippen LogP contribution in [0.5, 0.6) is 0 Å². The van der Waals surface area contributed by atoms with E-state index in [1.807, 2.05) is 24.8 Å². The largest absolute Gasteiger partial charge is 0.375 e. The highest BCUT2D eigenvalue weighted by Gasteiger charge is 2.11. The molecule has 0 aliphatic carbocycles.